The molecule has 0 saturated heterocycles. The van der Waals surface area contributed by atoms with Gasteiger partial charge in [0.05, 0.1) is 15.9 Å². The lowest BCUT2D eigenvalue weighted by molar-refractivity contribution is 0.560. The Hall–Kier alpha value is -0.290. The fraction of sp³-hybridized carbons (Fsp3) is 0.714. The third-order valence-corrected chi connectivity index (χ3v) is 4.99. The molecule has 0 bridgehead atoms. The molecule has 5 heteroatoms. The first-order valence-electron chi connectivity index (χ1n) is 6.65. The first-order valence-corrected chi connectivity index (χ1v) is 8.50. The van der Waals surface area contributed by atoms with E-state index in [2.05, 4.69) is 60.8 Å². The molecule has 1 N–H and O–H groups in total. The van der Waals surface area contributed by atoms with Gasteiger partial charge in [-0.1, -0.05) is 34.6 Å². The average Bonchev–Trinajstić information content (AvgIpc) is 2.35. The van der Waals surface area contributed by atoms with Crippen LogP contribution in [-0.2, 0) is 11.2 Å². The van der Waals surface area contributed by atoms with Crippen LogP contribution in [-0.4, -0.2) is 22.3 Å². The molecule has 1 atom stereocenters. The Morgan fingerprint density at radius 1 is 1.32 bits per heavy atom. The van der Waals surface area contributed by atoms with Gasteiger partial charge in [0, 0.05) is 17.7 Å². The van der Waals surface area contributed by atoms with Gasteiger partial charge in [0.1, 0.15) is 11.6 Å². The number of rotatable bonds is 5. The van der Waals surface area contributed by atoms with Crippen molar-refractivity contribution in [3.8, 4) is 0 Å². The molecular weight excluding hydrogens is 322 g/mol. The molecule has 0 aliphatic heterocycles. The van der Waals surface area contributed by atoms with Crippen LogP contribution in [0.5, 0.6) is 0 Å². The van der Waals surface area contributed by atoms with Crippen molar-refractivity contribution in [3.63, 3.8) is 0 Å². The molecule has 19 heavy (non-hydrogen) atoms. The number of hydrogen-bond donors (Lipinski definition) is 1. The Bertz CT molecular complexity index is 429. The van der Waals surface area contributed by atoms with Crippen LogP contribution in [0.15, 0.2) is 4.47 Å². The molecule has 0 radical (unpaired) electrons. The minimum atomic E-state index is 0.00314. The SMILES string of the molecule is CCC(C)SCc1nc(NC)c(Br)c(C(C)(C)C)n1. The van der Waals surface area contributed by atoms with E-state index in [1.807, 2.05) is 18.8 Å². The molecule has 1 heterocycles. The summed E-state index contributed by atoms with van der Waals surface area (Å²) in [5, 5.41) is 3.78. The van der Waals surface area contributed by atoms with Crippen molar-refractivity contribution in [1.29, 1.82) is 0 Å². The van der Waals surface area contributed by atoms with Crippen LogP contribution in [0.4, 0.5) is 5.82 Å². The summed E-state index contributed by atoms with van der Waals surface area (Å²) in [5.41, 5.74) is 1.06. The van der Waals surface area contributed by atoms with Crippen molar-refractivity contribution in [2.75, 3.05) is 12.4 Å². The number of nitrogens with zero attached hydrogens (tertiary/aromatic N) is 2. The average molecular weight is 346 g/mol. The maximum atomic E-state index is 4.74. The summed E-state index contributed by atoms with van der Waals surface area (Å²) in [6, 6.07) is 0. The Balaban J connectivity index is 3.06. The summed E-state index contributed by atoms with van der Waals surface area (Å²) in [5.74, 6) is 2.64. The zero-order valence-corrected chi connectivity index (χ0v) is 15.1. The van der Waals surface area contributed by atoms with Crippen LogP contribution in [0.3, 0.4) is 0 Å². The lowest BCUT2D eigenvalue weighted by Gasteiger charge is -2.21. The van der Waals surface area contributed by atoms with Gasteiger partial charge < -0.3 is 5.32 Å². The minimum Gasteiger partial charge on any atom is -0.372 e. The van der Waals surface area contributed by atoms with Gasteiger partial charge in [0.25, 0.3) is 0 Å². The summed E-state index contributed by atoms with van der Waals surface area (Å²) >= 11 is 5.52. The molecular formula is C14H24BrN3S. The molecule has 1 aromatic rings. The van der Waals surface area contributed by atoms with Crippen LogP contribution in [0.1, 0.15) is 52.6 Å². The molecule has 0 aliphatic carbocycles. The van der Waals surface area contributed by atoms with Crippen LogP contribution >= 0.6 is 27.7 Å². The third kappa shape index (κ3) is 4.63. The second-order valence-corrected chi connectivity index (χ2v) is 7.90. The van der Waals surface area contributed by atoms with Gasteiger partial charge in [-0.2, -0.15) is 11.8 Å². The highest BCUT2D eigenvalue weighted by Gasteiger charge is 2.22. The van der Waals surface area contributed by atoms with Gasteiger partial charge in [-0.25, -0.2) is 9.97 Å². The molecule has 1 rings (SSSR count). The van der Waals surface area contributed by atoms with Crippen molar-refractivity contribution in [2.45, 2.75) is 57.5 Å². The largest absolute Gasteiger partial charge is 0.372 e. The number of halogens is 1. The lowest BCUT2D eigenvalue weighted by atomic mass is 9.92. The standard InChI is InChI=1S/C14H24BrN3S/c1-7-9(2)19-8-10-17-12(14(3,4)5)11(15)13(16-6)18-10/h9H,7-8H2,1-6H3,(H,16,17,18). The molecule has 1 unspecified atom stereocenters. The summed E-state index contributed by atoms with van der Waals surface area (Å²) in [6.07, 6.45) is 1.17. The van der Waals surface area contributed by atoms with Crippen LogP contribution < -0.4 is 5.32 Å². The van der Waals surface area contributed by atoms with Gasteiger partial charge in [0.2, 0.25) is 0 Å². The summed E-state index contributed by atoms with van der Waals surface area (Å²) in [7, 11) is 1.89. The van der Waals surface area contributed by atoms with Crippen molar-refractivity contribution in [2.24, 2.45) is 0 Å². The molecule has 108 valence electrons. The highest BCUT2D eigenvalue weighted by atomic mass is 79.9. The van der Waals surface area contributed by atoms with E-state index in [9.17, 15) is 0 Å². The quantitative estimate of drug-likeness (QED) is 0.845. The van der Waals surface area contributed by atoms with E-state index >= 15 is 0 Å². The molecule has 3 nitrogen and oxygen atoms in total. The smallest absolute Gasteiger partial charge is 0.144 e. The Morgan fingerprint density at radius 3 is 2.42 bits per heavy atom. The second kappa shape index (κ2) is 6.93. The van der Waals surface area contributed by atoms with E-state index in [1.165, 1.54) is 6.42 Å². The third-order valence-electron chi connectivity index (χ3n) is 2.92. The fourth-order valence-electron chi connectivity index (χ4n) is 1.56. The molecule has 0 saturated carbocycles. The van der Waals surface area contributed by atoms with E-state index in [0.29, 0.717) is 5.25 Å². The molecule has 0 fully saturated rings. The monoisotopic (exact) mass is 345 g/mol. The van der Waals surface area contributed by atoms with Crippen molar-refractivity contribution in [1.82, 2.24) is 9.97 Å². The van der Waals surface area contributed by atoms with Gasteiger partial charge in [-0.05, 0) is 22.4 Å². The van der Waals surface area contributed by atoms with Crippen LogP contribution in [0.25, 0.3) is 0 Å². The highest BCUT2D eigenvalue weighted by Crippen LogP contribution is 2.33. The molecule has 0 spiro atoms. The van der Waals surface area contributed by atoms with Crippen molar-refractivity contribution < 1.29 is 0 Å². The first-order chi connectivity index (χ1) is 8.79. The minimum absolute atomic E-state index is 0.00314. The van der Waals surface area contributed by atoms with Gasteiger partial charge in [0.15, 0.2) is 0 Å². The molecule has 0 amide bonds. The van der Waals surface area contributed by atoms with Crippen LogP contribution in [0, 0.1) is 0 Å². The van der Waals surface area contributed by atoms with Crippen LogP contribution in [0.2, 0.25) is 0 Å². The fourth-order valence-corrected chi connectivity index (χ4v) is 3.32. The first kappa shape index (κ1) is 16.8. The van der Waals surface area contributed by atoms with E-state index in [-0.39, 0.29) is 5.41 Å². The van der Waals surface area contributed by atoms with Gasteiger partial charge in [-0.15, -0.1) is 0 Å². The number of anilines is 1. The highest BCUT2D eigenvalue weighted by molar-refractivity contribution is 9.10. The Kier molecular flexibility index (Phi) is 6.12. The van der Waals surface area contributed by atoms with E-state index < -0.39 is 0 Å². The van der Waals surface area contributed by atoms with Gasteiger partial charge in [-0.3, -0.25) is 0 Å². The summed E-state index contributed by atoms with van der Waals surface area (Å²) in [6.45, 7) is 11.0. The number of aromatic nitrogens is 2. The van der Waals surface area contributed by atoms with E-state index in [4.69, 9.17) is 4.98 Å². The summed E-state index contributed by atoms with van der Waals surface area (Å²) < 4.78 is 0.972. The number of nitrogens with one attached hydrogen (secondary N) is 1. The second-order valence-electron chi connectivity index (χ2n) is 5.68. The Morgan fingerprint density at radius 2 is 1.95 bits per heavy atom. The predicted molar refractivity (Wildman–Crippen MR) is 89.0 cm³/mol. The number of hydrogen-bond acceptors (Lipinski definition) is 4. The van der Waals surface area contributed by atoms with Gasteiger partial charge >= 0.3 is 0 Å². The van der Waals surface area contributed by atoms with Crippen molar-refractivity contribution >= 4 is 33.5 Å². The predicted octanol–water partition coefficient (Wildman–Crippen LogP) is 4.61. The zero-order chi connectivity index (χ0) is 14.6. The maximum Gasteiger partial charge on any atom is 0.144 e. The van der Waals surface area contributed by atoms with Crippen molar-refractivity contribution in [3.05, 3.63) is 16.0 Å². The molecule has 0 aromatic carbocycles. The summed E-state index contributed by atoms with van der Waals surface area (Å²) in [4.78, 5) is 9.32. The molecule has 1 aromatic heterocycles. The number of thioether (sulfide) groups is 1. The lowest BCUT2D eigenvalue weighted by Crippen LogP contribution is -2.18. The normalized spacial score (nSPS) is 13.4. The zero-order valence-electron chi connectivity index (χ0n) is 12.7. The van der Waals surface area contributed by atoms with E-state index in [0.717, 1.165) is 27.6 Å². The topological polar surface area (TPSA) is 37.8 Å². The maximum absolute atomic E-state index is 4.74. The molecule has 0 aliphatic rings. The Labute approximate surface area is 129 Å². The van der Waals surface area contributed by atoms with E-state index in [1.54, 1.807) is 0 Å².